The molecule has 2 aromatic rings. The van der Waals surface area contributed by atoms with Gasteiger partial charge in [-0.15, -0.1) is 11.8 Å². The number of ether oxygens (including phenoxy) is 1. The molecule has 0 atom stereocenters. The monoisotopic (exact) mass is 568 g/mol. The molecule has 5 nitrogen and oxygen atoms in total. The Morgan fingerprint density at radius 3 is 2.18 bits per heavy atom. The molecule has 0 radical (unpaired) electrons. The third-order valence-corrected chi connectivity index (χ3v) is 5.79. The maximum Gasteiger partial charge on any atom is 0.413 e. The molecule has 1 saturated carbocycles. The zero-order chi connectivity index (χ0) is 30.2. The van der Waals surface area contributed by atoms with E-state index in [9.17, 15) is 13.2 Å². The number of aryl methyl sites for hydroxylation is 2. The van der Waals surface area contributed by atoms with Crippen LogP contribution in [-0.2, 0) is 6.61 Å². The van der Waals surface area contributed by atoms with Gasteiger partial charge in [0.05, 0.1) is 11.4 Å². The van der Waals surface area contributed by atoms with Gasteiger partial charge in [-0.3, -0.25) is 4.98 Å². The van der Waals surface area contributed by atoms with Gasteiger partial charge in [0.15, 0.2) is 0 Å². The first-order valence-corrected chi connectivity index (χ1v) is 15.1. The van der Waals surface area contributed by atoms with Gasteiger partial charge in [-0.25, -0.2) is 4.98 Å². The number of alkyl halides is 3. The molecule has 0 saturated heterocycles. The highest BCUT2D eigenvalue weighted by Crippen LogP contribution is 2.37. The molecule has 2 aromatic heterocycles. The number of aromatic nitrogens is 3. The fraction of sp³-hybridized carbons (Fsp3) is 0.567. The van der Waals surface area contributed by atoms with E-state index in [1.54, 1.807) is 17.2 Å². The number of halogens is 3. The Morgan fingerprint density at radius 1 is 1.08 bits per heavy atom. The van der Waals surface area contributed by atoms with Gasteiger partial charge >= 0.3 is 6.18 Å². The smallest absolute Gasteiger partial charge is 0.413 e. The molecule has 3 rings (SSSR count). The Bertz CT molecular complexity index is 1050. The third-order valence-electron chi connectivity index (χ3n) is 5.16. The summed E-state index contributed by atoms with van der Waals surface area (Å²) < 4.78 is 45.5. The van der Waals surface area contributed by atoms with Gasteiger partial charge in [0.1, 0.15) is 17.5 Å². The van der Waals surface area contributed by atoms with Crippen molar-refractivity contribution in [3.63, 3.8) is 0 Å². The standard InChI is InChI=1S/C24H29F3N4OS.3C2H6/c1-6-7-20(31(19-8-9-19)13-16(3)24(25,26)27)23-15(2)10-18(12-28-23)14-32-21-11-22(33-5)30-17(4)29-21;3*1-2/h7,10-13,19H,6,8-9,14H2,1-5H3;3*1-2H3/b16-13+,20-7-;;;. The molecule has 1 aliphatic carbocycles. The van der Waals surface area contributed by atoms with Crippen LogP contribution in [0.5, 0.6) is 5.88 Å². The summed E-state index contributed by atoms with van der Waals surface area (Å²) >= 11 is 1.52. The van der Waals surface area contributed by atoms with E-state index < -0.39 is 11.7 Å². The van der Waals surface area contributed by atoms with Gasteiger partial charge < -0.3 is 9.64 Å². The average molecular weight is 569 g/mol. The second kappa shape index (κ2) is 18.7. The predicted molar refractivity (Wildman–Crippen MR) is 159 cm³/mol. The Hall–Kier alpha value is -2.55. The summed E-state index contributed by atoms with van der Waals surface area (Å²) in [6.07, 6.45) is 4.87. The maximum atomic E-state index is 13.2. The van der Waals surface area contributed by atoms with Crippen LogP contribution in [-0.4, -0.2) is 38.3 Å². The molecular weight excluding hydrogens is 521 g/mol. The van der Waals surface area contributed by atoms with E-state index in [4.69, 9.17) is 4.74 Å². The van der Waals surface area contributed by atoms with Crippen molar-refractivity contribution >= 4 is 17.5 Å². The molecule has 0 amide bonds. The van der Waals surface area contributed by atoms with Crippen LogP contribution in [0.2, 0.25) is 0 Å². The fourth-order valence-electron chi connectivity index (χ4n) is 3.35. The lowest BCUT2D eigenvalue weighted by Gasteiger charge is -2.26. The van der Waals surface area contributed by atoms with Crippen LogP contribution in [0, 0.1) is 13.8 Å². The summed E-state index contributed by atoms with van der Waals surface area (Å²) in [5.74, 6) is 1.13. The largest absolute Gasteiger partial charge is 0.473 e. The predicted octanol–water partition coefficient (Wildman–Crippen LogP) is 9.55. The van der Waals surface area contributed by atoms with Crippen LogP contribution in [0.1, 0.15) is 97.3 Å². The first kappa shape index (κ1) is 36.5. The first-order valence-electron chi connectivity index (χ1n) is 13.8. The van der Waals surface area contributed by atoms with Gasteiger partial charge in [0, 0.05) is 35.6 Å². The van der Waals surface area contributed by atoms with E-state index >= 15 is 0 Å². The van der Waals surface area contributed by atoms with Crippen LogP contribution in [0.25, 0.3) is 5.70 Å². The highest BCUT2D eigenvalue weighted by molar-refractivity contribution is 7.98. The summed E-state index contributed by atoms with van der Waals surface area (Å²) in [6.45, 7) is 19.1. The van der Waals surface area contributed by atoms with Crippen molar-refractivity contribution in [3.8, 4) is 5.88 Å². The maximum absolute atomic E-state index is 13.2. The van der Waals surface area contributed by atoms with E-state index in [0.717, 1.165) is 35.9 Å². The minimum atomic E-state index is -4.36. The van der Waals surface area contributed by atoms with Crippen molar-refractivity contribution in [1.29, 1.82) is 0 Å². The fourth-order valence-corrected chi connectivity index (χ4v) is 3.80. The molecule has 9 heteroatoms. The molecule has 2 heterocycles. The molecule has 0 aliphatic heterocycles. The van der Waals surface area contributed by atoms with Gasteiger partial charge in [0.25, 0.3) is 0 Å². The number of allylic oxidation sites excluding steroid dienone is 2. The van der Waals surface area contributed by atoms with Crippen molar-refractivity contribution in [2.45, 2.75) is 112 Å². The SMILES string of the molecule is CC.CC.CC.CC/C=C(/c1ncc(COc2cc(SC)nc(C)n2)cc1C)N(/C=C(\C)C(F)(F)F)C1CC1. The van der Waals surface area contributed by atoms with Crippen LogP contribution in [0.4, 0.5) is 13.2 Å². The molecule has 39 heavy (non-hydrogen) atoms. The molecular formula is C30H47F3N4OS. The highest BCUT2D eigenvalue weighted by atomic mass is 32.2. The topological polar surface area (TPSA) is 51.1 Å². The Labute approximate surface area is 238 Å². The number of hydrogen-bond donors (Lipinski definition) is 0. The van der Waals surface area contributed by atoms with Crippen molar-refractivity contribution in [1.82, 2.24) is 19.9 Å². The Morgan fingerprint density at radius 2 is 1.69 bits per heavy atom. The van der Waals surface area contributed by atoms with Gasteiger partial charge in [-0.05, 0) is 57.9 Å². The molecule has 0 unspecified atom stereocenters. The summed E-state index contributed by atoms with van der Waals surface area (Å²) in [6, 6.07) is 3.81. The number of rotatable bonds is 9. The van der Waals surface area contributed by atoms with Crippen molar-refractivity contribution < 1.29 is 17.9 Å². The molecule has 1 aliphatic rings. The van der Waals surface area contributed by atoms with E-state index in [1.807, 2.05) is 80.7 Å². The van der Waals surface area contributed by atoms with Crippen molar-refractivity contribution in [2.75, 3.05) is 6.26 Å². The zero-order valence-corrected chi connectivity index (χ0v) is 26.3. The lowest BCUT2D eigenvalue weighted by atomic mass is 10.1. The van der Waals surface area contributed by atoms with E-state index in [1.165, 1.54) is 18.0 Å². The van der Waals surface area contributed by atoms with Crippen LogP contribution in [0.15, 0.2) is 41.2 Å². The summed E-state index contributed by atoms with van der Waals surface area (Å²) in [5.41, 5.74) is 2.51. The second-order valence-corrected chi connectivity index (χ2v) is 8.87. The molecule has 0 bridgehead atoms. The Kier molecular flexibility index (Phi) is 17.5. The highest BCUT2D eigenvalue weighted by Gasteiger charge is 2.35. The van der Waals surface area contributed by atoms with Crippen LogP contribution >= 0.6 is 11.8 Å². The van der Waals surface area contributed by atoms with Gasteiger partial charge in [-0.1, -0.05) is 54.5 Å². The van der Waals surface area contributed by atoms with E-state index in [2.05, 4.69) is 15.0 Å². The number of thioether (sulfide) groups is 1. The number of hydrogen-bond acceptors (Lipinski definition) is 6. The quantitative estimate of drug-likeness (QED) is 0.222. The third kappa shape index (κ3) is 12.0. The minimum absolute atomic E-state index is 0.0657. The molecule has 0 aromatic carbocycles. The normalized spacial score (nSPS) is 13.2. The van der Waals surface area contributed by atoms with Gasteiger partial charge in [-0.2, -0.15) is 18.2 Å². The lowest BCUT2D eigenvalue weighted by molar-refractivity contribution is -0.0922. The zero-order valence-electron chi connectivity index (χ0n) is 25.5. The first-order chi connectivity index (χ1) is 18.6. The molecule has 220 valence electrons. The van der Waals surface area contributed by atoms with Crippen LogP contribution < -0.4 is 4.74 Å². The molecule has 0 spiro atoms. The second-order valence-electron chi connectivity index (χ2n) is 8.04. The molecule has 0 N–H and O–H groups in total. The average Bonchev–Trinajstić information content (AvgIpc) is 3.78. The number of pyridine rings is 1. The van der Waals surface area contributed by atoms with Crippen molar-refractivity contribution in [3.05, 3.63) is 58.8 Å². The van der Waals surface area contributed by atoms with Crippen molar-refractivity contribution in [2.24, 2.45) is 0 Å². The number of nitrogens with zero attached hydrogens (tertiary/aromatic N) is 4. The minimum Gasteiger partial charge on any atom is -0.473 e. The summed E-state index contributed by atoms with van der Waals surface area (Å²) in [4.78, 5) is 15.0. The Balaban J connectivity index is 0.00000225. The van der Waals surface area contributed by atoms with Crippen LogP contribution in [0.3, 0.4) is 0 Å². The summed E-state index contributed by atoms with van der Waals surface area (Å²) in [5, 5.41) is 0.832. The van der Waals surface area contributed by atoms with E-state index in [-0.39, 0.29) is 12.6 Å². The lowest BCUT2D eigenvalue weighted by Crippen LogP contribution is -2.23. The van der Waals surface area contributed by atoms with E-state index in [0.29, 0.717) is 29.5 Å². The van der Waals surface area contributed by atoms with Gasteiger partial charge in [0.2, 0.25) is 5.88 Å². The molecule has 1 fully saturated rings. The summed E-state index contributed by atoms with van der Waals surface area (Å²) in [7, 11) is 0.